The first-order valence-corrected chi connectivity index (χ1v) is 6.04. The lowest BCUT2D eigenvalue weighted by Crippen LogP contribution is -2.42. The zero-order valence-corrected chi connectivity index (χ0v) is 11.3. The van der Waals surface area contributed by atoms with Crippen molar-refractivity contribution in [2.45, 2.75) is 33.4 Å². The van der Waals surface area contributed by atoms with Crippen molar-refractivity contribution < 1.29 is 10.2 Å². The van der Waals surface area contributed by atoms with Crippen LogP contribution in [0.1, 0.15) is 26.3 Å². The van der Waals surface area contributed by atoms with Gasteiger partial charge in [0.15, 0.2) is 0 Å². The van der Waals surface area contributed by atoms with Crippen molar-refractivity contribution in [2.24, 2.45) is 5.41 Å². The van der Waals surface area contributed by atoms with E-state index < -0.39 is 0 Å². The smallest absolute Gasteiger partial charge is 0.120 e. The van der Waals surface area contributed by atoms with Crippen LogP contribution in [0.2, 0.25) is 5.02 Å². The van der Waals surface area contributed by atoms with Gasteiger partial charge >= 0.3 is 0 Å². The molecule has 0 heterocycles. The number of hydrogen-bond acceptors (Lipinski definition) is 3. The summed E-state index contributed by atoms with van der Waals surface area (Å²) in [6.07, 6.45) is 0. The van der Waals surface area contributed by atoms with E-state index in [0.717, 1.165) is 5.56 Å². The Kier molecular flexibility index (Phi) is 4.80. The number of benzene rings is 1. The molecule has 0 amide bonds. The number of phenols is 1. The van der Waals surface area contributed by atoms with Crippen LogP contribution in [-0.2, 0) is 6.54 Å². The number of phenolic OH excluding ortho intramolecular Hbond substituents is 1. The number of aliphatic hydroxyl groups is 1. The number of aliphatic hydroxyl groups excluding tert-OH is 1. The van der Waals surface area contributed by atoms with E-state index in [1.54, 1.807) is 18.2 Å². The summed E-state index contributed by atoms with van der Waals surface area (Å²) in [5, 5.41) is 22.8. The van der Waals surface area contributed by atoms with Crippen LogP contribution in [0.3, 0.4) is 0 Å². The molecule has 0 fully saturated rings. The van der Waals surface area contributed by atoms with Crippen molar-refractivity contribution in [3.05, 3.63) is 28.8 Å². The monoisotopic (exact) mass is 257 g/mol. The molecule has 96 valence electrons. The van der Waals surface area contributed by atoms with Crippen molar-refractivity contribution in [3.8, 4) is 5.75 Å². The third kappa shape index (κ3) is 4.19. The highest BCUT2D eigenvalue weighted by Crippen LogP contribution is 2.23. The van der Waals surface area contributed by atoms with Gasteiger partial charge in [-0.25, -0.2) is 0 Å². The highest BCUT2D eigenvalue weighted by Gasteiger charge is 2.23. The lowest BCUT2D eigenvalue weighted by Gasteiger charge is -2.30. The highest BCUT2D eigenvalue weighted by atomic mass is 35.5. The van der Waals surface area contributed by atoms with Gasteiger partial charge in [-0.3, -0.25) is 0 Å². The maximum Gasteiger partial charge on any atom is 0.120 e. The molecule has 0 bridgehead atoms. The van der Waals surface area contributed by atoms with Gasteiger partial charge in [0.05, 0.1) is 6.61 Å². The SMILES string of the molecule is CC(C)(C)[C@@H](CO)NCc1cc(Cl)ccc1O. The van der Waals surface area contributed by atoms with Gasteiger partial charge in [-0.05, 0) is 23.6 Å². The third-order valence-electron chi connectivity index (χ3n) is 2.81. The summed E-state index contributed by atoms with van der Waals surface area (Å²) in [6.45, 7) is 6.70. The molecule has 0 aliphatic carbocycles. The maximum absolute atomic E-state index is 9.66. The summed E-state index contributed by atoms with van der Waals surface area (Å²) in [7, 11) is 0. The van der Waals surface area contributed by atoms with E-state index in [9.17, 15) is 10.2 Å². The van der Waals surface area contributed by atoms with Crippen molar-refractivity contribution in [1.82, 2.24) is 5.32 Å². The molecule has 1 aromatic rings. The molecule has 3 nitrogen and oxygen atoms in total. The summed E-state index contributed by atoms with van der Waals surface area (Å²) in [4.78, 5) is 0. The van der Waals surface area contributed by atoms with Crippen molar-refractivity contribution in [2.75, 3.05) is 6.61 Å². The van der Waals surface area contributed by atoms with Crippen LogP contribution in [-0.4, -0.2) is 22.9 Å². The minimum absolute atomic E-state index is 0.0270. The number of nitrogens with one attached hydrogen (secondary N) is 1. The summed E-state index contributed by atoms with van der Waals surface area (Å²) >= 11 is 5.87. The number of hydrogen-bond donors (Lipinski definition) is 3. The second kappa shape index (κ2) is 5.71. The van der Waals surface area contributed by atoms with Crippen LogP contribution in [0.5, 0.6) is 5.75 Å². The molecule has 1 atom stereocenters. The summed E-state index contributed by atoms with van der Waals surface area (Å²) in [6, 6.07) is 4.92. The molecular formula is C13H20ClNO2. The Bertz CT molecular complexity index is 374. The van der Waals surface area contributed by atoms with Crippen molar-refractivity contribution in [1.29, 1.82) is 0 Å². The van der Waals surface area contributed by atoms with Gasteiger partial charge in [0, 0.05) is 23.2 Å². The van der Waals surface area contributed by atoms with Gasteiger partial charge in [0.25, 0.3) is 0 Å². The van der Waals surface area contributed by atoms with Crippen molar-refractivity contribution >= 4 is 11.6 Å². The van der Waals surface area contributed by atoms with Gasteiger partial charge in [0.1, 0.15) is 5.75 Å². The quantitative estimate of drug-likeness (QED) is 0.777. The van der Waals surface area contributed by atoms with Crippen molar-refractivity contribution in [3.63, 3.8) is 0 Å². The Hall–Kier alpha value is -0.770. The van der Waals surface area contributed by atoms with Crippen LogP contribution < -0.4 is 5.32 Å². The van der Waals surface area contributed by atoms with Crippen LogP contribution in [0.15, 0.2) is 18.2 Å². The lowest BCUT2D eigenvalue weighted by atomic mass is 9.87. The predicted octanol–water partition coefficient (Wildman–Crippen LogP) is 2.54. The summed E-state index contributed by atoms with van der Waals surface area (Å²) < 4.78 is 0. The molecule has 0 spiro atoms. The average molecular weight is 258 g/mol. The Morgan fingerprint density at radius 3 is 2.53 bits per heavy atom. The first-order chi connectivity index (χ1) is 7.84. The van der Waals surface area contributed by atoms with Gasteiger partial charge in [0.2, 0.25) is 0 Å². The molecular weight excluding hydrogens is 238 g/mol. The minimum Gasteiger partial charge on any atom is -0.508 e. The number of aromatic hydroxyl groups is 1. The highest BCUT2D eigenvalue weighted by molar-refractivity contribution is 6.30. The normalized spacial score (nSPS) is 13.7. The fourth-order valence-electron chi connectivity index (χ4n) is 1.57. The Morgan fingerprint density at radius 1 is 1.35 bits per heavy atom. The molecule has 17 heavy (non-hydrogen) atoms. The van der Waals surface area contributed by atoms with Crippen LogP contribution in [0.25, 0.3) is 0 Å². The Labute approximate surface area is 107 Å². The van der Waals surface area contributed by atoms with E-state index >= 15 is 0 Å². The molecule has 3 N–H and O–H groups in total. The molecule has 0 unspecified atom stereocenters. The standard InChI is InChI=1S/C13H20ClNO2/c1-13(2,3)12(8-16)15-7-9-6-10(14)4-5-11(9)17/h4-6,12,15-17H,7-8H2,1-3H3/t12-/m1/s1. The van der Waals surface area contributed by atoms with Gasteiger partial charge in [-0.15, -0.1) is 0 Å². The molecule has 1 rings (SSSR count). The number of halogens is 1. The first kappa shape index (κ1) is 14.3. The fraction of sp³-hybridized carbons (Fsp3) is 0.538. The van der Waals surface area contributed by atoms with Crippen LogP contribution >= 0.6 is 11.6 Å². The molecule has 0 saturated heterocycles. The zero-order chi connectivity index (χ0) is 13.1. The Balaban J connectivity index is 2.69. The topological polar surface area (TPSA) is 52.5 Å². The van der Waals surface area contributed by atoms with E-state index in [0.29, 0.717) is 11.6 Å². The molecule has 0 saturated carbocycles. The first-order valence-electron chi connectivity index (χ1n) is 5.66. The predicted molar refractivity (Wildman–Crippen MR) is 70.3 cm³/mol. The fourth-order valence-corrected chi connectivity index (χ4v) is 1.77. The summed E-state index contributed by atoms with van der Waals surface area (Å²) in [5.41, 5.74) is 0.698. The molecule has 0 radical (unpaired) electrons. The molecule has 0 aliphatic rings. The van der Waals surface area contributed by atoms with Gasteiger partial charge < -0.3 is 15.5 Å². The molecule has 0 aliphatic heterocycles. The van der Waals surface area contributed by atoms with Gasteiger partial charge in [-0.1, -0.05) is 32.4 Å². The second-order valence-electron chi connectivity index (χ2n) is 5.26. The molecule has 1 aromatic carbocycles. The molecule has 4 heteroatoms. The van der Waals surface area contributed by atoms with E-state index in [-0.39, 0.29) is 23.8 Å². The van der Waals surface area contributed by atoms with E-state index in [2.05, 4.69) is 26.1 Å². The van der Waals surface area contributed by atoms with Gasteiger partial charge in [-0.2, -0.15) is 0 Å². The average Bonchev–Trinajstić information content (AvgIpc) is 2.22. The lowest BCUT2D eigenvalue weighted by molar-refractivity contribution is 0.157. The van der Waals surface area contributed by atoms with Crippen LogP contribution in [0.4, 0.5) is 0 Å². The van der Waals surface area contributed by atoms with E-state index in [1.807, 2.05) is 0 Å². The maximum atomic E-state index is 9.66. The zero-order valence-electron chi connectivity index (χ0n) is 10.5. The molecule has 0 aromatic heterocycles. The second-order valence-corrected chi connectivity index (χ2v) is 5.69. The van der Waals surface area contributed by atoms with E-state index in [4.69, 9.17) is 11.6 Å². The Morgan fingerprint density at radius 2 is 2.00 bits per heavy atom. The third-order valence-corrected chi connectivity index (χ3v) is 3.04. The minimum atomic E-state index is -0.0387. The largest absolute Gasteiger partial charge is 0.508 e. The van der Waals surface area contributed by atoms with Crippen LogP contribution in [0, 0.1) is 5.41 Å². The summed E-state index contributed by atoms with van der Waals surface area (Å²) in [5.74, 6) is 0.215. The van der Waals surface area contributed by atoms with E-state index in [1.165, 1.54) is 0 Å². The number of rotatable bonds is 4.